The van der Waals surface area contributed by atoms with E-state index in [9.17, 15) is 4.79 Å². The van der Waals surface area contributed by atoms with Crippen LogP contribution in [-0.4, -0.2) is 42.2 Å². The van der Waals surface area contributed by atoms with E-state index >= 15 is 0 Å². The number of hydrogen-bond donors (Lipinski definition) is 2. The van der Waals surface area contributed by atoms with Crippen LogP contribution in [0, 0.1) is 0 Å². The van der Waals surface area contributed by atoms with Crippen molar-refractivity contribution in [3.8, 4) is 5.75 Å². The van der Waals surface area contributed by atoms with E-state index in [2.05, 4.69) is 37.2 Å². The molecule has 6 nitrogen and oxygen atoms in total. The zero-order valence-electron chi connectivity index (χ0n) is 23.0. The maximum absolute atomic E-state index is 14.3. The Kier molecular flexibility index (Phi) is 10.1. The van der Waals surface area contributed by atoms with E-state index in [4.69, 9.17) is 19.6 Å². The lowest BCUT2D eigenvalue weighted by molar-refractivity contribution is -0.128. The number of hydrogen-bond acceptors (Lipinski definition) is 5. The number of ether oxygens (including phenoxy) is 2. The van der Waals surface area contributed by atoms with Crippen molar-refractivity contribution < 1.29 is 19.4 Å². The Morgan fingerprint density at radius 2 is 1.52 bits per heavy atom. The van der Waals surface area contributed by atoms with Crippen molar-refractivity contribution >= 4 is 43.7 Å². The molecule has 8 heteroatoms. The highest BCUT2D eigenvalue weighted by Gasteiger charge is 2.53. The van der Waals surface area contributed by atoms with Gasteiger partial charge in [-0.1, -0.05) is 86.5 Å². The number of aliphatic hydroxyl groups excluding tert-OH is 1. The lowest BCUT2D eigenvalue weighted by atomic mass is 9.82. The molecule has 0 aliphatic carbocycles. The summed E-state index contributed by atoms with van der Waals surface area (Å²) in [5.74, 6) is 0.915. The van der Waals surface area contributed by atoms with Gasteiger partial charge in [0.2, 0.25) is 5.90 Å². The highest BCUT2D eigenvalue weighted by atomic mass is 79.9. The van der Waals surface area contributed by atoms with E-state index < -0.39 is 11.6 Å². The van der Waals surface area contributed by atoms with E-state index in [1.165, 1.54) is 0 Å². The third-order valence-corrected chi connectivity index (χ3v) is 8.19. The zero-order valence-corrected chi connectivity index (χ0v) is 26.2. The second-order valence-electron chi connectivity index (χ2n) is 10.1. The van der Waals surface area contributed by atoms with Crippen molar-refractivity contribution in [2.75, 3.05) is 19.8 Å². The summed E-state index contributed by atoms with van der Waals surface area (Å²) >= 11 is 7.00. The number of carbonyl (C=O) groups excluding carboxylic acids is 1. The molecule has 1 aliphatic heterocycles. The molecule has 4 aromatic rings. The molecule has 0 fully saturated rings. The number of rotatable bonds is 12. The number of carbonyl (C=O) groups is 1. The van der Waals surface area contributed by atoms with Gasteiger partial charge in [-0.2, -0.15) is 0 Å². The standard InChI is InChI=1S/C34H32Br2N2O4/c35-28-13-7-24(8-14-28)19-20-37-33(40)34(23-25-9-15-29(36)16-10-25)31(26-5-2-1-3-6-26)42-32(38-34)27-11-17-30(18-12-27)41-22-4-21-39/h1-3,5-18,31,39H,4,19-23H2,(H,37,40)/t31-,34-/m1/s1. The van der Waals surface area contributed by atoms with Crippen LogP contribution in [0.3, 0.4) is 0 Å². The average molecular weight is 692 g/mol. The van der Waals surface area contributed by atoms with Gasteiger partial charge in [0.25, 0.3) is 5.91 Å². The van der Waals surface area contributed by atoms with E-state index in [1.807, 2.05) is 103 Å². The predicted octanol–water partition coefficient (Wildman–Crippen LogP) is 6.83. The van der Waals surface area contributed by atoms with Crippen molar-refractivity contribution in [2.45, 2.75) is 30.9 Å². The fourth-order valence-corrected chi connectivity index (χ4v) is 5.48. The van der Waals surface area contributed by atoms with E-state index in [-0.39, 0.29) is 12.5 Å². The Bertz CT molecular complexity index is 1490. The number of nitrogens with zero attached hydrogens (tertiary/aromatic N) is 1. The fraction of sp³-hybridized carbons (Fsp3) is 0.235. The van der Waals surface area contributed by atoms with Crippen LogP contribution < -0.4 is 10.1 Å². The molecule has 0 radical (unpaired) electrons. The van der Waals surface area contributed by atoms with Crippen LogP contribution in [0.4, 0.5) is 0 Å². The number of nitrogens with one attached hydrogen (secondary N) is 1. The van der Waals surface area contributed by atoms with Gasteiger partial charge in [0.15, 0.2) is 11.6 Å². The molecule has 0 saturated carbocycles. The third kappa shape index (κ3) is 7.30. The van der Waals surface area contributed by atoms with Crippen molar-refractivity contribution in [3.05, 3.63) is 134 Å². The van der Waals surface area contributed by atoms with Crippen LogP contribution in [0.1, 0.15) is 34.8 Å². The van der Waals surface area contributed by atoms with Gasteiger partial charge in [-0.15, -0.1) is 0 Å². The first kappa shape index (κ1) is 30.0. The summed E-state index contributed by atoms with van der Waals surface area (Å²) < 4.78 is 14.3. The molecule has 0 aromatic heterocycles. The first-order valence-electron chi connectivity index (χ1n) is 13.9. The third-order valence-electron chi connectivity index (χ3n) is 7.13. The molecule has 1 amide bonds. The first-order valence-corrected chi connectivity index (χ1v) is 15.5. The SMILES string of the molecule is O=C(NCCc1ccc(Br)cc1)[C@]1(Cc2ccc(Br)cc2)N=C(c2ccc(OCCCO)cc2)O[C@@H]1c1ccccc1. The highest BCUT2D eigenvalue weighted by molar-refractivity contribution is 9.10. The molecule has 2 atom stereocenters. The summed E-state index contributed by atoms with van der Waals surface area (Å²) in [5, 5.41) is 12.2. The second kappa shape index (κ2) is 14.1. The number of halogens is 2. The first-order chi connectivity index (χ1) is 20.5. The molecule has 42 heavy (non-hydrogen) atoms. The topological polar surface area (TPSA) is 80.2 Å². The smallest absolute Gasteiger partial charge is 0.252 e. The van der Waals surface area contributed by atoms with Crippen LogP contribution >= 0.6 is 31.9 Å². The Morgan fingerprint density at radius 3 is 2.17 bits per heavy atom. The monoisotopic (exact) mass is 690 g/mol. The van der Waals surface area contributed by atoms with Gasteiger partial charge < -0.3 is 19.9 Å². The van der Waals surface area contributed by atoms with Gasteiger partial charge in [-0.25, -0.2) is 4.99 Å². The Labute approximate surface area is 263 Å². The molecule has 216 valence electrons. The molecule has 0 spiro atoms. The number of benzene rings is 4. The molecule has 2 N–H and O–H groups in total. The maximum atomic E-state index is 14.3. The zero-order chi connectivity index (χ0) is 29.4. The molecule has 1 aliphatic rings. The van der Waals surface area contributed by atoms with E-state index in [0.29, 0.717) is 44.1 Å². The summed E-state index contributed by atoms with van der Waals surface area (Å²) in [7, 11) is 0. The van der Waals surface area contributed by atoms with Crippen LogP contribution in [0.2, 0.25) is 0 Å². The molecular weight excluding hydrogens is 660 g/mol. The van der Waals surface area contributed by atoms with Crippen LogP contribution in [0.25, 0.3) is 0 Å². The van der Waals surface area contributed by atoms with Crippen molar-refractivity contribution in [1.82, 2.24) is 5.32 Å². The summed E-state index contributed by atoms with van der Waals surface area (Å²) in [6.45, 7) is 0.976. The van der Waals surface area contributed by atoms with Gasteiger partial charge in [0, 0.05) is 40.5 Å². The maximum Gasteiger partial charge on any atom is 0.252 e. The minimum absolute atomic E-state index is 0.0786. The molecule has 4 aromatic carbocycles. The summed E-state index contributed by atoms with van der Waals surface area (Å²) in [6.07, 6.45) is 0.978. The largest absolute Gasteiger partial charge is 0.494 e. The number of aliphatic imine (C=N–C) groups is 1. The fourth-order valence-electron chi connectivity index (χ4n) is 4.95. The number of amides is 1. The summed E-state index contributed by atoms with van der Waals surface area (Å²) in [5.41, 5.74) is 2.50. The van der Waals surface area contributed by atoms with Gasteiger partial charge in [0.1, 0.15) is 5.75 Å². The van der Waals surface area contributed by atoms with Crippen molar-refractivity contribution in [2.24, 2.45) is 4.99 Å². The van der Waals surface area contributed by atoms with Gasteiger partial charge in [-0.05, 0) is 71.6 Å². The lowest BCUT2D eigenvalue weighted by Crippen LogP contribution is -2.50. The average Bonchev–Trinajstić information content (AvgIpc) is 3.40. The predicted molar refractivity (Wildman–Crippen MR) is 172 cm³/mol. The molecule has 0 unspecified atom stereocenters. The minimum Gasteiger partial charge on any atom is -0.494 e. The second-order valence-corrected chi connectivity index (χ2v) is 12.0. The highest BCUT2D eigenvalue weighted by Crippen LogP contribution is 2.42. The van der Waals surface area contributed by atoms with E-state index in [0.717, 1.165) is 31.2 Å². The summed E-state index contributed by atoms with van der Waals surface area (Å²) in [6, 6.07) is 33.3. The van der Waals surface area contributed by atoms with Gasteiger partial charge in [0.05, 0.1) is 6.61 Å². The Hall–Kier alpha value is -3.46. The van der Waals surface area contributed by atoms with Crippen LogP contribution in [0.15, 0.2) is 117 Å². The van der Waals surface area contributed by atoms with E-state index in [1.54, 1.807) is 0 Å². The number of aliphatic hydroxyl groups is 1. The Morgan fingerprint density at radius 1 is 0.881 bits per heavy atom. The van der Waals surface area contributed by atoms with Crippen molar-refractivity contribution in [1.29, 1.82) is 0 Å². The van der Waals surface area contributed by atoms with Crippen LogP contribution in [-0.2, 0) is 22.4 Å². The normalized spacial score (nSPS) is 17.8. The van der Waals surface area contributed by atoms with Gasteiger partial charge in [-0.3, -0.25) is 4.79 Å². The minimum atomic E-state index is -1.24. The molecule has 5 rings (SSSR count). The van der Waals surface area contributed by atoms with Crippen LogP contribution in [0.5, 0.6) is 5.75 Å². The molecule has 0 saturated heterocycles. The van der Waals surface area contributed by atoms with Gasteiger partial charge >= 0.3 is 0 Å². The Balaban J connectivity index is 1.49. The molecule has 0 bridgehead atoms. The molecule has 1 heterocycles. The molecular formula is C34H32Br2N2O4. The van der Waals surface area contributed by atoms with Crippen molar-refractivity contribution in [3.63, 3.8) is 0 Å². The quantitative estimate of drug-likeness (QED) is 0.160. The lowest BCUT2D eigenvalue weighted by Gasteiger charge is -2.31. The summed E-state index contributed by atoms with van der Waals surface area (Å²) in [4.78, 5) is 19.4.